The van der Waals surface area contributed by atoms with Crippen molar-refractivity contribution in [1.82, 2.24) is 0 Å². The van der Waals surface area contributed by atoms with Gasteiger partial charge in [0.25, 0.3) is 0 Å². The largest absolute Gasteiger partial charge is 0.268 e. The minimum atomic E-state index is 0.0853. The van der Waals surface area contributed by atoms with Crippen LogP contribution >= 0.6 is 0 Å². The van der Waals surface area contributed by atoms with Crippen molar-refractivity contribution < 1.29 is 0 Å². The molecule has 1 rings (SSSR count). The highest BCUT2D eigenvalue weighted by Gasteiger charge is 2.15. The number of rotatable bonds is 0. The van der Waals surface area contributed by atoms with Gasteiger partial charge in [-0.15, -0.1) is 0 Å². The van der Waals surface area contributed by atoms with E-state index < -0.39 is 0 Å². The highest BCUT2D eigenvalue weighted by molar-refractivity contribution is 5.68. The molecule has 0 aromatic carbocycles. The van der Waals surface area contributed by atoms with E-state index in [9.17, 15) is 0 Å². The quantitative estimate of drug-likeness (QED) is 0.511. The molecule has 0 saturated carbocycles. The molecule has 1 aliphatic heterocycles. The van der Waals surface area contributed by atoms with Crippen LogP contribution in [0.3, 0.4) is 0 Å². The number of hydrogen-bond donors (Lipinski definition) is 0. The number of nitrogens with zero attached hydrogens (tertiary/aromatic N) is 1. The van der Waals surface area contributed by atoms with E-state index in [1.165, 1.54) is 0 Å². The van der Waals surface area contributed by atoms with Gasteiger partial charge in [-0.25, -0.2) is 0 Å². The van der Waals surface area contributed by atoms with Crippen LogP contribution in [0, 0.1) is 10.8 Å². The maximum Gasteiger partial charge on any atom is 0.0232 e. The van der Waals surface area contributed by atoms with Gasteiger partial charge >= 0.3 is 0 Å². The molecule has 0 spiro atoms. The van der Waals surface area contributed by atoms with Crippen LogP contribution in [-0.2, 0) is 0 Å². The lowest BCUT2D eigenvalue weighted by atomic mass is 9.86. The molecule has 0 aliphatic carbocycles. The molecule has 14 heavy (non-hydrogen) atoms. The molecule has 1 nitrogen and oxygen atoms in total. The Morgan fingerprint density at radius 1 is 0.786 bits per heavy atom. The Kier molecular flexibility index (Phi) is 4.82. The average Bonchev–Trinajstić information content (AvgIpc) is 2.12. The first-order valence-corrected chi connectivity index (χ1v) is 5.34. The van der Waals surface area contributed by atoms with Crippen LogP contribution in [0.1, 0.15) is 41.5 Å². The molecule has 0 fully saturated rings. The first kappa shape index (κ1) is 13.2. The third-order valence-electron chi connectivity index (χ3n) is 1.94. The fraction of sp³-hybridized carbons (Fsp3) is 0.615. The molecule has 0 N–H and O–H groups in total. The number of hydrogen-bond acceptors (Lipinski definition) is 1. The van der Waals surface area contributed by atoms with Crippen LogP contribution in [0.5, 0.6) is 0 Å². The summed E-state index contributed by atoms with van der Waals surface area (Å²) in [5.74, 6) is 0. The molecule has 80 valence electrons. The van der Waals surface area contributed by atoms with Crippen molar-refractivity contribution in [2.24, 2.45) is 15.8 Å². The third-order valence-corrected chi connectivity index (χ3v) is 1.94. The first-order valence-electron chi connectivity index (χ1n) is 5.34. The normalized spacial score (nSPS) is 26.4. The van der Waals surface area contributed by atoms with Crippen molar-refractivity contribution in [2.45, 2.75) is 41.5 Å². The zero-order valence-electron chi connectivity index (χ0n) is 10.3. The minimum absolute atomic E-state index is 0.0853. The summed E-state index contributed by atoms with van der Waals surface area (Å²) in [5, 5.41) is 0. The fourth-order valence-electron chi connectivity index (χ4n) is 0.998. The van der Waals surface area contributed by atoms with Crippen LogP contribution in [0.2, 0.25) is 0 Å². The zero-order chi connectivity index (χ0) is 11.2. The molecule has 0 atom stereocenters. The van der Waals surface area contributed by atoms with Crippen molar-refractivity contribution in [1.29, 1.82) is 0 Å². The van der Waals surface area contributed by atoms with Gasteiger partial charge in [-0.2, -0.15) is 0 Å². The predicted molar refractivity (Wildman–Crippen MR) is 65.7 cm³/mol. The maximum atomic E-state index is 4.22. The van der Waals surface area contributed by atoms with Gasteiger partial charge in [0.2, 0.25) is 0 Å². The summed E-state index contributed by atoms with van der Waals surface area (Å²) in [4.78, 5) is 4.22. The van der Waals surface area contributed by atoms with Gasteiger partial charge in [0.05, 0.1) is 0 Å². The van der Waals surface area contributed by atoms with Crippen molar-refractivity contribution >= 4 is 6.21 Å². The van der Waals surface area contributed by atoms with Crippen LogP contribution in [0.4, 0.5) is 0 Å². The second-order valence-corrected chi connectivity index (χ2v) is 4.57. The van der Waals surface area contributed by atoms with E-state index in [2.05, 4.69) is 50.9 Å². The van der Waals surface area contributed by atoms with E-state index in [1.807, 2.05) is 26.3 Å². The second-order valence-electron chi connectivity index (χ2n) is 4.57. The van der Waals surface area contributed by atoms with Crippen molar-refractivity contribution in [3.63, 3.8) is 0 Å². The second kappa shape index (κ2) is 5.14. The van der Waals surface area contributed by atoms with E-state index in [-0.39, 0.29) is 10.8 Å². The highest BCUT2D eigenvalue weighted by atomic mass is 14.7. The molecule has 0 radical (unpaired) electrons. The Labute approximate surface area is 88.6 Å². The van der Waals surface area contributed by atoms with Crippen molar-refractivity contribution in [3.8, 4) is 0 Å². The van der Waals surface area contributed by atoms with E-state index in [0.29, 0.717) is 0 Å². The molecular formula is C13H23N. The Bertz CT molecular complexity index is 216. The molecule has 1 aliphatic rings. The van der Waals surface area contributed by atoms with E-state index in [1.54, 1.807) is 0 Å². The summed E-state index contributed by atoms with van der Waals surface area (Å²) in [5.41, 5.74) is 0.219. The summed E-state index contributed by atoms with van der Waals surface area (Å²) in [7, 11) is 0. The zero-order valence-corrected chi connectivity index (χ0v) is 10.3. The third kappa shape index (κ3) is 5.00. The smallest absolute Gasteiger partial charge is 0.0232 e. The van der Waals surface area contributed by atoms with Gasteiger partial charge in [-0.05, 0) is 0 Å². The van der Waals surface area contributed by atoms with Crippen LogP contribution in [0.25, 0.3) is 0 Å². The van der Waals surface area contributed by atoms with E-state index in [4.69, 9.17) is 0 Å². The lowest BCUT2D eigenvalue weighted by Gasteiger charge is -2.20. The van der Waals surface area contributed by atoms with Gasteiger partial charge in [0.15, 0.2) is 0 Å². The standard InChI is InChI=1S/C11H17N.C2H6/c1-10(2)5-6-11(3,4)9-12-8-7-10;1-2/h5-9H,1-4H3;1-2H3/b6-5-,8-7-,12-9?;. The van der Waals surface area contributed by atoms with Gasteiger partial charge in [-0.1, -0.05) is 59.8 Å². The SMILES string of the molecule is CC.CC1(C)C=N/C=C\C(C)(C)/C=C\1. The summed E-state index contributed by atoms with van der Waals surface area (Å²) >= 11 is 0. The Balaban J connectivity index is 0.000000791. The van der Waals surface area contributed by atoms with Crippen molar-refractivity contribution in [2.75, 3.05) is 0 Å². The van der Waals surface area contributed by atoms with Crippen LogP contribution in [0.15, 0.2) is 29.4 Å². The summed E-state index contributed by atoms with van der Waals surface area (Å²) in [6.45, 7) is 12.7. The average molecular weight is 193 g/mol. The van der Waals surface area contributed by atoms with Crippen molar-refractivity contribution in [3.05, 3.63) is 24.4 Å². The summed E-state index contributed by atoms with van der Waals surface area (Å²) in [6.07, 6.45) is 10.4. The fourth-order valence-corrected chi connectivity index (χ4v) is 0.998. The Hall–Kier alpha value is -0.850. The lowest BCUT2D eigenvalue weighted by molar-refractivity contribution is 0.597. The minimum Gasteiger partial charge on any atom is -0.268 e. The topological polar surface area (TPSA) is 12.4 Å². The van der Waals surface area contributed by atoms with Gasteiger partial charge in [-0.3, -0.25) is 4.99 Å². The Morgan fingerprint density at radius 2 is 1.29 bits per heavy atom. The lowest BCUT2D eigenvalue weighted by Crippen LogP contribution is -2.13. The van der Waals surface area contributed by atoms with Gasteiger partial charge < -0.3 is 0 Å². The maximum absolute atomic E-state index is 4.22. The van der Waals surface area contributed by atoms with Crippen LogP contribution in [-0.4, -0.2) is 6.21 Å². The number of aliphatic imine (C=N–C) groups is 1. The number of allylic oxidation sites excluding steroid dienone is 3. The van der Waals surface area contributed by atoms with Gasteiger partial charge in [0.1, 0.15) is 0 Å². The predicted octanol–water partition coefficient (Wildman–Crippen LogP) is 4.22. The highest BCUT2D eigenvalue weighted by Crippen LogP contribution is 2.25. The molecule has 1 heterocycles. The molecule has 0 bridgehead atoms. The Morgan fingerprint density at radius 3 is 1.86 bits per heavy atom. The molecule has 1 heteroatoms. The molecule has 0 aromatic rings. The molecule has 0 saturated heterocycles. The molecule has 0 unspecified atom stereocenters. The van der Waals surface area contributed by atoms with E-state index in [0.717, 1.165) is 0 Å². The monoisotopic (exact) mass is 193 g/mol. The summed E-state index contributed by atoms with van der Waals surface area (Å²) < 4.78 is 0. The van der Waals surface area contributed by atoms with Gasteiger partial charge in [0, 0.05) is 23.2 Å². The molecule has 0 amide bonds. The van der Waals surface area contributed by atoms with Crippen LogP contribution < -0.4 is 0 Å². The molecule has 0 aromatic heterocycles. The first-order chi connectivity index (χ1) is 6.41. The van der Waals surface area contributed by atoms with E-state index >= 15 is 0 Å². The summed E-state index contributed by atoms with van der Waals surface area (Å²) in [6, 6.07) is 0. The molecular weight excluding hydrogens is 170 g/mol.